The number of carbonyl (C=O) groups is 1. The third-order valence-electron chi connectivity index (χ3n) is 4.44. The van der Waals surface area contributed by atoms with Crippen LogP contribution in [0.2, 0.25) is 0 Å². The molecule has 1 saturated carbocycles. The van der Waals surface area contributed by atoms with Crippen molar-refractivity contribution < 1.29 is 4.79 Å². The van der Waals surface area contributed by atoms with Crippen molar-refractivity contribution in [2.75, 3.05) is 13.1 Å². The molecule has 0 spiro atoms. The van der Waals surface area contributed by atoms with Crippen LogP contribution in [0.5, 0.6) is 0 Å². The zero-order valence-electron chi connectivity index (χ0n) is 10.5. The molecule has 5 nitrogen and oxygen atoms in total. The molecule has 1 saturated heterocycles. The Kier molecular flexibility index (Phi) is 3.07. The lowest BCUT2D eigenvalue weighted by Gasteiger charge is -2.36. The maximum atomic E-state index is 12.2. The monoisotopic (exact) mass is 248 g/mol. The van der Waals surface area contributed by atoms with Crippen molar-refractivity contribution in [1.29, 1.82) is 0 Å². The summed E-state index contributed by atoms with van der Waals surface area (Å²) in [5, 5.41) is 6.66. The van der Waals surface area contributed by atoms with Crippen LogP contribution in [0.3, 0.4) is 0 Å². The Morgan fingerprint density at radius 2 is 2.17 bits per heavy atom. The largest absolute Gasteiger partial charge is 0.342 e. The molecule has 2 fully saturated rings. The molecular formula is C13H20N4O. The summed E-state index contributed by atoms with van der Waals surface area (Å²) in [4.78, 5) is 14.2. The topological polar surface area (TPSA) is 75.0 Å². The fourth-order valence-corrected chi connectivity index (χ4v) is 3.29. The van der Waals surface area contributed by atoms with Crippen molar-refractivity contribution in [3.63, 3.8) is 0 Å². The predicted molar refractivity (Wildman–Crippen MR) is 67.7 cm³/mol. The number of rotatable bonds is 3. The summed E-state index contributed by atoms with van der Waals surface area (Å²) in [5.74, 6) is 1.32. The van der Waals surface area contributed by atoms with Gasteiger partial charge in [0.15, 0.2) is 0 Å². The van der Waals surface area contributed by atoms with E-state index in [1.54, 1.807) is 6.20 Å². The Labute approximate surface area is 107 Å². The molecule has 5 heteroatoms. The molecule has 3 atom stereocenters. The second-order valence-electron chi connectivity index (χ2n) is 5.58. The summed E-state index contributed by atoms with van der Waals surface area (Å²) in [6.45, 7) is 1.73. The Hall–Kier alpha value is -1.36. The smallest absolute Gasteiger partial charge is 0.222 e. The van der Waals surface area contributed by atoms with Gasteiger partial charge in [-0.25, -0.2) is 0 Å². The number of hydrogen-bond donors (Lipinski definition) is 2. The lowest BCUT2D eigenvalue weighted by Crippen LogP contribution is -2.50. The van der Waals surface area contributed by atoms with Crippen LogP contribution in [-0.2, 0) is 11.2 Å². The van der Waals surface area contributed by atoms with Crippen molar-refractivity contribution in [3.8, 4) is 0 Å². The van der Waals surface area contributed by atoms with Crippen LogP contribution in [0.25, 0.3) is 0 Å². The number of nitrogens with two attached hydrogens (primary N) is 1. The maximum Gasteiger partial charge on any atom is 0.222 e. The predicted octanol–water partition coefficient (Wildman–Crippen LogP) is 0.538. The van der Waals surface area contributed by atoms with Gasteiger partial charge in [-0.05, 0) is 36.7 Å². The van der Waals surface area contributed by atoms with Crippen LogP contribution in [0.1, 0.15) is 24.8 Å². The van der Waals surface area contributed by atoms with Crippen molar-refractivity contribution >= 4 is 5.91 Å². The molecule has 0 aromatic carbocycles. The van der Waals surface area contributed by atoms with Crippen molar-refractivity contribution in [1.82, 2.24) is 15.1 Å². The highest BCUT2D eigenvalue weighted by atomic mass is 16.2. The van der Waals surface area contributed by atoms with Crippen LogP contribution in [0, 0.1) is 11.8 Å². The van der Waals surface area contributed by atoms with E-state index in [2.05, 4.69) is 10.2 Å². The van der Waals surface area contributed by atoms with Gasteiger partial charge in [0.25, 0.3) is 0 Å². The molecule has 18 heavy (non-hydrogen) atoms. The third-order valence-corrected chi connectivity index (χ3v) is 4.44. The first-order valence-electron chi connectivity index (χ1n) is 6.75. The summed E-state index contributed by atoms with van der Waals surface area (Å²) < 4.78 is 0. The molecule has 3 N–H and O–H groups in total. The van der Waals surface area contributed by atoms with Crippen molar-refractivity contribution in [3.05, 3.63) is 18.0 Å². The lowest BCUT2D eigenvalue weighted by atomic mass is 9.93. The molecule has 2 heterocycles. The van der Waals surface area contributed by atoms with Gasteiger partial charge < -0.3 is 10.6 Å². The quantitative estimate of drug-likeness (QED) is 0.819. The van der Waals surface area contributed by atoms with Gasteiger partial charge in [-0.3, -0.25) is 9.89 Å². The molecular weight excluding hydrogens is 228 g/mol. The molecule has 1 aliphatic heterocycles. The number of H-pyrrole nitrogens is 1. The van der Waals surface area contributed by atoms with Gasteiger partial charge in [-0.2, -0.15) is 5.10 Å². The van der Waals surface area contributed by atoms with Crippen molar-refractivity contribution in [2.24, 2.45) is 17.6 Å². The van der Waals surface area contributed by atoms with E-state index in [-0.39, 0.29) is 5.91 Å². The van der Waals surface area contributed by atoms with Gasteiger partial charge in [0.05, 0.1) is 6.20 Å². The number of fused-ring (bicyclic) bond motifs is 2. The number of aromatic nitrogens is 2. The zero-order valence-corrected chi connectivity index (χ0v) is 10.5. The maximum absolute atomic E-state index is 12.2. The molecule has 1 unspecified atom stereocenters. The molecule has 2 bridgehead atoms. The minimum Gasteiger partial charge on any atom is -0.342 e. The fraction of sp³-hybridized carbons (Fsp3) is 0.692. The Morgan fingerprint density at radius 3 is 2.78 bits per heavy atom. The molecule has 2 aliphatic rings. The van der Waals surface area contributed by atoms with E-state index < -0.39 is 0 Å². The summed E-state index contributed by atoms with van der Waals surface area (Å²) in [7, 11) is 0. The number of nitrogens with one attached hydrogen (secondary N) is 1. The highest BCUT2D eigenvalue weighted by molar-refractivity contribution is 5.76. The highest BCUT2D eigenvalue weighted by Crippen LogP contribution is 2.35. The van der Waals surface area contributed by atoms with E-state index in [1.807, 2.05) is 11.1 Å². The molecule has 1 aliphatic carbocycles. The third kappa shape index (κ3) is 2.14. The SMILES string of the molecule is NC1[C@@H]2CC[C@H]1CN(C(=O)CCc1cn[nH]c1)C2. The molecule has 1 amide bonds. The number of nitrogens with zero attached hydrogens (tertiary/aromatic N) is 2. The van der Waals surface area contributed by atoms with Crippen LogP contribution < -0.4 is 5.73 Å². The number of carbonyl (C=O) groups excluding carboxylic acids is 1. The number of aromatic amines is 1. The number of hydrogen-bond acceptors (Lipinski definition) is 3. The Morgan fingerprint density at radius 1 is 1.44 bits per heavy atom. The standard InChI is InChI=1S/C13H20N4O/c14-13-10-2-3-11(13)8-17(7-10)12(18)4-1-9-5-15-16-6-9/h5-6,10-11,13H,1-4,7-8,14H2,(H,15,16)/t10-,11+,13?. The van der Waals surface area contributed by atoms with E-state index >= 15 is 0 Å². The summed E-state index contributed by atoms with van der Waals surface area (Å²) in [6, 6.07) is 0.322. The second-order valence-corrected chi connectivity index (χ2v) is 5.58. The second kappa shape index (κ2) is 4.72. The minimum atomic E-state index is 0.264. The molecule has 1 aromatic rings. The number of aryl methyl sites for hydroxylation is 1. The summed E-state index contributed by atoms with van der Waals surface area (Å²) >= 11 is 0. The van der Waals surface area contributed by atoms with Gasteiger partial charge in [0.1, 0.15) is 0 Å². The van der Waals surface area contributed by atoms with E-state index in [9.17, 15) is 4.79 Å². The molecule has 3 rings (SSSR count). The van der Waals surface area contributed by atoms with Gasteiger partial charge >= 0.3 is 0 Å². The molecule has 1 aromatic heterocycles. The molecule has 0 radical (unpaired) electrons. The first kappa shape index (κ1) is 11.7. The van der Waals surface area contributed by atoms with Gasteiger partial charge in [-0.1, -0.05) is 0 Å². The van der Waals surface area contributed by atoms with Crippen LogP contribution >= 0.6 is 0 Å². The first-order valence-corrected chi connectivity index (χ1v) is 6.75. The number of amides is 1. The number of piperidine rings is 1. The van der Waals surface area contributed by atoms with Gasteiger partial charge in [0, 0.05) is 31.7 Å². The van der Waals surface area contributed by atoms with Crippen LogP contribution in [-0.4, -0.2) is 40.1 Å². The van der Waals surface area contributed by atoms with Gasteiger partial charge in [-0.15, -0.1) is 0 Å². The Bertz CT molecular complexity index is 403. The lowest BCUT2D eigenvalue weighted by molar-refractivity contribution is -0.133. The number of likely N-dealkylation sites (tertiary alicyclic amines) is 1. The van der Waals surface area contributed by atoms with Crippen LogP contribution in [0.4, 0.5) is 0 Å². The minimum absolute atomic E-state index is 0.264. The Balaban J connectivity index is 1.54. The summed E-state index contributed by atoms with van der Waals surface area (Å²) in [5.41, 5.74) is 7.24. The highest BCUT2D eigenvalue weighted by Gasteiger charge is 2.40. The van der Waals surface area contributed by atoms with E-state index in [1.165, 1.54) is 12.8 Å². The summed E-state index contributed by atoms with van der Waals surface area (Å²) in [6.07, 6.45) is 7.36. The fourth-order valence-electron chi connectivity index (χ4n) is 3.29. The van der Waals surface area contributed by atoms with E-state index in [4.69, 9.17) is 5.73 Å². The first-order chi connectivity index (χ1) is 8.74. The van der Waals surface area contributed by atoms with E-state index in [0.717, 1.165) is 25.1 Å². The van der Waals surface area contributed by atoms with Gasteiger partial charge in [0.2, 0.25) is 5.91 Å². The zero-order chi connectivity index (χ0) is 12.5. The normalized spacial score (nSPS) is 30.7. The molecule has 98 valence electrons. The van der Waals surface area contributed by atoms with Crippen molar-refractivity contribution in [2.45, 2.75) is 31.7 Å². The average molecular weight is 248 g/mol. The van der Waals surface area contributed by atoms with Crippen LogP contribution in [0.15, 0.2) is 12.4 Å². The average Bonchev–Trinajstić information content (AvgIpc) is 2.93. The van der Waals surface area contributed by atoms with E-state index in [0.29, 0.717) is 24.3 Å².